The van der Waals surface area contributed by atoms with E-state index in [0.29, 0.717) is 5.39 Å². The summed E-state index contributed by atoms with van der Waals surface area (Å²) in [6.07, 6.45) is 0. The first-order valence-corrected chi connectivity index (χ1v) is 24.9. The molecule has 0 bridgehead atoms. The largest absolute Gasteiger partial charge is 0.310 e. The standard InChI is InChI=1S/C69H44N2O/c72-67-55-39-36-47(45-20-5-1-6-21-45)42-56(55)54-29-19-33-60-66(54)71(67)64-35-18-16-32-59(64)69(60)58-31-15-17-34-63(58)70(65-41-37-48(43-62(65)69)46-22-7-2-8-23-46)51-38-40-53-52-28-13-14-30-57(52)68(61(53)44-51,49-24-9-3-10-25-49)50-26-11-4-12-27-50/h1-44H. The van der Waals surface area contributed by atoms with Crippen LogP contribution in [0.4, 0.5) is 17.1 Å². The highest BCUT2D eigenvalue weighted by Crippen LogP contribution is 2.63. The smallest absolute Gasteiger partial charge is 0.263 e. The number of anilines is 3. The number of para-hydroxylation sites is 3. The zero-order valence-electron chi connectivity index (χ0n) is 39.2. The molecule has 11 aromatic carbocycles. The molecule has 0 saturated heterocycles. The zero-order chi connectivity index (χ0) is 47.5. The highest BCUT2D eigenvalue weighted by atomic mass is 16.1. The monoisotopic (exact) mass is 916 g/mol. The number of benzene rings is 11. The molecule has 1 spiro atoms. The molecule has 1 aliphatic carbocycles. The Hall–Kier alpha value is -9.31. The van der Waals surface area contributed by atoms with Gasteiger partial charge in [0.05, 0.1) is 33.4 Å². The van der Waals surface area contributed by atoms with Crippen molar-refractivity contribution in [1.82, 2.24) is 4.57 Å². The van der Waals surface area contributed by atoms with Crippen molar-refractivity contribution in [3.8, 4) is 39.1 Å². The molecule has 12 aromatic rings. The molecule has 2 aliphatic heterocycles. The van der Waals surface area contributed by atoms with Gasteiger partial charge in [-0.25, -0.2) is 0 Å². The van der Waals surface area contributed by atoms with Crippen LogP contribution in [0.15, 0.2) is 272 Å². The van der Waals surface area contributed by atoms with Crippen LogP contribution in [0.2, 0.25) is 0 Å². The quantitative estimate of drug-likeness (QED) is 0.161. The molecule has 72 heavy (non-hydrogen) atoms. The molecule has 3 heterocycles. The molecule has 336 valence electrons. The Morgan fingerprint density at radius 2 is 0.819 bits per heavy atom. The van der Waals surface area contributed by atoms with Gasteiger partial charge in [0.1, 0.15) is 0 Å². The van der Waals surface area contributed by atoms with Gasteiger partial charge in [-0.1, -0.05) is 218 Å². The third-order valence-corrected chi connectivity index (χ3v) is 16.1. The first kappa shape index (κ1) is 40.6. The molecule has 0 radical (unpaired) electrons. The summed E-state index contributed by atoms with van der Waals surface area (Å²) in [5.74, 6) is 0. The van der Waals surface area contributed by atoms with Crippen molar-refractivity contribution in [3.63, 3.8) is 0 Å². The Morgan fingerprint density at radius 3 is 1.51 bits per heavy atom. The topological polar surface area (TPSA) is 25.2 Å². The van der Waals surface area contributed by atoms with Crippen LogP contribution < -0.4 is 10.5 Å². The van der Waals surface area contributed by atoms with Crippen LogP contribution in [0.25, 0.3) is 60.7 Å². The van der Waals surface area contributed by atoms with Crippen LogP contribution in [-0.2, 0) is 10.8 Å². The molecule has 0 N–H and O–H groups in total. The van der Waals surface area contributed by atoms with Gasteiger partial charge in [0.2, 0.25) is 0 Å². The van der Waals surface area contributed by atoms with E-state index in [9.17, 15) is 0 Å². The fourth-order valence-electron chi connectivity index (χ4n) is 13.2. The second kappa shape index (κ2) is 15.3. The summed E-state index contributed by atoms with van der Waals surface area (Å²) in [7, 11) is 0. The van der Waals surface area contributed by atoms with Crippen molar-refractivity contribution in [1.29, 1.82) is 0 Å². The second-order valence-corrected chi connectivity index (χ2v) is 19.4. The fraction of sp³-hybridized carbons (Fsp3) is 0.0290. The van der Waals surface area contributed by atoms with E-state index in [0.717, 1.165) is 83.5 Å². The maximum Gasteiger partial charge on any atom is 0.263 e. The van der Waals surface area contributed by atoms with Gasteiger partial charge in [0.25, 0.3) is 5.56 Å². The van der Waals surface area contributed by atoms with E-state index < -0.39 is 10.8 Å². The van der Waals surface area contributed by atoms with Crippen LogP contribution in [0.1, 0.15) is 44.5 Å². The van der Waals surface area contributed by atoms with E-state index in [1.165, 1.54) is 33.4 Å². The molecule has 15 rings (SSSR count). The summed E-state index contributed by atoms with van der Waals surface area (Å²) in [5, 5.41) is 2.70. The van der Waals surface area contributed by atoms with E-state index >= 15 is 4.79 Å². The molecular weight excluding hydrogens is 873 g/mol. The Kier molecular flexibility index (Phi) is 8.64. The third-order valence-electron chi connectivity index (χ3n) is 16.1. The summed E-state index contributed by atoms with van der Waals surface area (Å²) < 4.78 is 2.01. The van der Waals surface area contributed by atoms with Crippen LogP contribution in [0.5, 0.6) is 0 Å². The van der Waals surface area contributed by atoms with Crippen molar-refractivity contribution in [2.45, 2.75) is 10.8 Å². The van der Waals surface area contributed by atoms with E-state index in [1.807, 2.05) is 16.7 Å². The second-order valence-electron chi connectivity index (χ2n) is 19.4. The Labute approximate surface area is 417 Å². The van der Waals surface area contributed by atoms with E-state index in [2.05, 4.69) is 260 Å². The van der Waals surface area contributed by atoms with Crippen molar-refractivity contribution in [3.05, 3.63) is 322 Å². The van der Waals surface area contributed by atoms with Crippen molar-refractivity contribution < 1.29 is 0 Å². The van der Waals surface area contributed by atoms with E-state index in [4.69, 9.17) is 0 Å². The van der Waals surface area contributed by atoms with Gasteiger partial charge in [-0.3, -0.25) is 9.36 Å². The van der Waals surface area contributed by atoms with Gasteiger partial charge in [0.15, 0.2) is 0 Å². The third kappa shape index (κ3) is 5.37. The minimum atomic E-state index is -0.842. The number of rotatable bonds is 5. The number of pyridine rings is 1. The molecule has 0 amide bonds. The molecule has 1 atom stereocenters. The van der Waals surface area contributed by atoms with Gasteiger partial charge in [-0.15, -0.1) is 0 Å². The molecular formula is C69H44N2O. The van der Waals surface area contributed by atoms with Gasteiger partial charge in [0, 0.05) is 16.5 Å². The molecule has 1 aromatic heterocycles. The normalized spacial score (nSPS) is 15.4. The predicted molar refractivity (Wildman–Crippen MR) is 295 cm³/mol. The SMILES string of the molecule is O=c1c2ccc(-c3ccccc3)cc2c2cccc3c2n1-c1ccccc1C31c2ccccc2N(c2ccc3c(c2)C(c2ccccc2)(c2ccccc2)c2ccccc2-3)c2ccc(-c3ccccc3)cc21. The van der Waals surface area contributed by atoms with Gasteiger partial charge in [-0.2, -0.15) is 0 Å². The summed E-state index contributed by atoms with van der Waals surface area (Å²) in [5.41, 5.74) is 20.1. The van der Waals surface area contributed by atoms with Crippen molar-refractivity contribution >= 4 is 38.7 Å². The summed E-state index contributed by atoms with van der Waals surface area (Å²) in [4.78, 5) is 17.9. The minimum Gasteiger partial charge on any atom is -0.310 e. The van der Waals surface area contributed by atoms with E-state index in [1.54, 1.807) is 0 Å². The lowest BCUT2D eigenvalue weighted by Gasteiger charge is -2.49. The number of aromatic nitrogens is 1. The Bertz CT molecular complexity index is 4200. The highest BCUT2D eigenvalue weighted by Gasteiger charge is 2.52. The minimum absolute atomic E-state index is 0.0182. The number of fused-ring (bicyclic) bond motifs is 13. The number of nitrogens with zero attached hydrogens (tertiary/aromatic N) is 2. The lowest BCUT2D eigenvalue weighted by atomic mass is 9.60. The van der Waals surface area contributed by atoms with Crippen LogP contribution >= 0.6 is 0 Å². The Morgan fingerprint density at radius 1 is 0.292 bits per heavy atom. The van der Waals surface area contributed by atoms with Crippen LogP contribution in [0.3, 0.4) is 0 Å². The lowest BCUT2D eigenvalue weighted by molar-refractivity contribution is 0.709. The average Bonchev–Trinajstić information content (AvgIpc) is 3.77. The molecule has 0 fully saturated rings. The van der Waals surface area contributed by atoms with Gasteiger partial charge in [-0.05, 0) is 132 Å². The number of hydrogen-bond acceptors (Lipinski definition) is 2. The van der Waals surface area contributed by atoms with Crippen molar-refractivity contribution in [2.75, 3.05) is 4.90 Å². The molecule has 3 nitrogen and oxygen atoms in total. The lowest BCUT2D eigenvalue weighted by Crippen LogP contribution is -2.42. The first-order valence-electron chi connectivity index (χ1n) is 24.9. The molecule has 0 saturated carbocycles. The molecule has 3 aliphatic rings. The van der Waals surface area contributed by atoms with Gasteiger partial charge < -0.3 is 4.90 Å². The average molecular weight is 917 g/mol. The zero-order valence-corrected chi connectivity index (χ0v) is 39.2. The van der Waals surface area contributed by atoms with Crippen LogP contribution in [0, 0.1) is 0 Å². The molecule has 1 unspecified atom stereocenters. The highest BCUT2D eigenvalue weighted by molar-refractivity contribution is 6.11. The van der Waals surface area contributed by atoms with Crippen LogP contribution in [-0.4, -0.2) is 4.57 Å². The number of hydrogen-bond donors (Lipinski definition) is 0. The summed E-state index contributed by atoms with van der Waals surface area (Å²) >= 11 is 0. The van der Waals surface area contributed by atoms with Crippen molar-refractivity contribution in [2.24, 2.45) is 0 Å². The van der Waals surface area contributed by atoms with Gasteiger partial charge >= 0.3 is 0 Å². The molecule has 3 heteroatoms. The maximum atomic E-state index is 15.4. The van der Waals surface area contributed by atoms with E-state index in [-0.39, 0.29) is 5.56 Å². The summed E-state index contributed by atoms with van der Waals surface area (Å²) in [6, 6.07) is 97.2. The predicted octanol–water partition coefficient (Wildman–Crippen LogP) is 16.3. The maximum absolute atomic E-state index is 15.4. The first-order chi connectivity index (χ1) is 35.7. The fourth-order valence-corrected chi connectivity index (χ4v) is 13.2. The summed E-state index contributed by atoms with van der Waals surface area (Å²) in [6.45, 7) is 0. The Balaban J connectivity index is 1.05.